The molecule has 1 atom stereocenters. The van der Waals surface area contributed by atoms with E-state index in [0.29, 0.717) is 23.9 Å². The van der Waals surface area contributed by atoms with E-state index in [1.54, 1.807) is 24.1 Å². The van der Waals surface area contributed by atoms with Gasteiger partial charge in [-0.1, -0.05) is 86.2 Å². The number of hydrogen-bond donors (Lipinski definition) is 1. The van der Waals surface area contributed by atoms with Crippen molar-refractivity contribution in [3.8, 4) is 5.75 Å². The highest BCUT2D eigenvalue weighted by Gasteiger charge is 2.33. The highest BCUT2D eigenvalue weighted by atomic mass is 35.5. The van der Waals surface area contributed by atoms with Gasteiger partial charge in [0.05, 0.1) is 13.5 Å². The Labute approximate surface area is 235 Å². The van der Waals surface area contributed by atoms with Crippen LogP contribution < -0.4 is 4.74 Å². The average Bonchev–Trinajstić information content (AvgIpc) is 3.37. The molecule has 5 nitrogen and oxygen atoms in total. The van der Waals surface area contributed by atoms with Gasteiger partial charge in [-0.25, -0.2) is 0 Å². The minimum atomic E-state index is -0.691. The first kappa shape index (κ1) is 27.0. The molecule has 6 heteroatoms. The quantitative estimate of drug-likeness (QED) is 0.223. The molecule has 0 spiro atoms. The standard InChI is InChI=1S/C33H35ClN2O3/c1-39-28-17-11-24(12-18-28)22-36(32(38)20-26-21-35-30-10-6-5-9-29(26)30)33(25-13-15-27(34)16-14-25)31(37)19-23-7-3-2-4-8-23/h5-6,9-18,21,23,33,35H,2-4,7-8,19-20,22H2,1H3. The molecular weight excluding hydrogens is 508 g/mol. The largest absolute Gasteiger partial charge is 0.497 e. The molecule has 1 aliphatic carbocycles. The third kappa shape index (κ3) is 6.54. The molecule has 1 saturated carbocycles. The number of methoxy groups -OCH3 is 1. The number of H-pyrrole nitrogens is 1. The van der Waals surface area contributed by atoms with Crippen LogP contribution in [0, 0.1) is 5.92 Å². The summed E-state index contributed by atoms with van der Waals surface area (Å²) in [7, 11) is 1.63. The van der Waals surface area contributed by atoms with Crippen molar-refractivity contribution < 1.29 is 14.3 Å². The summed E-state index contributed by atoms with van der Waals surface area (Å²) in [6.45, 7) is 0.314. The molecule has 1 fully saturated rings. The summed E-state index contributed by atoms with van der Waals surface area (Å²) >= 11 is 6.22. The Morgan fingerprint density at radius 3 is 2.41 bits per heavy atom. The normalized spacial score (nSPS) is 14.7. The van der Waals surface area contributed by atoms with Crippen molar-refractivity contribution in [3.63, 3.8) is 0 Å². The maximum absolute atomic E-state index is 14.2. The molecular formula is C33H35ClN2O3. The molecule has 0 radical (unpaired) electrons. The number of hydrogen-bond acceptors (Lipinski definition) is 3. The molecule has 202 valence electrons. The van der Waals surface area contributed by atoms with Gasteiger partial charge in [0.15, 0.2) is 5.78 Å². The number of carbonyl (C=O) groups is 2. The zero-order valence-electron chi connectivity index (χ0n) is 22.4. The topological polar surface area (TPSA) is 62.4 Å². The maximum atomic E-state index is 14.2. The SMILES string of the molecule is COc1ccc(CN(C(=O)Cc2c[nH]c3ccccc23)C(C(=O)CC2CCCCC2)c2ccc(Cl)cc2)cc1. The van der Waals surface area contributed by atoms with Crippen molar-refractivity contribution >= 4 is 34.2 Å². The number of aromatic amines is 1. The molecule has 5 rings (SSSR count). The van der Waals surface area contributed by atoms with E-state index in [9.17, 15) is 9.59 Å². The zero-order valence-corrected chi connectivity index (χ0v) is 23.1. The molecule has 4 aromatic rings. The van der Waals surface area contributed by atoms with Gasteiger partial charge in [0.25, 0.3) is 0 Å². The highest BCUT2D eigenvalue weighted by Crippen LogP contribution is 2.33. The van der Waals surface area contributed by atoms with Crippen LogP contribution in [0.1, 0.15) is 61.3 Å². The lowest BCUT2D eigenvalue weighted by Gasteiger charge is -2.33. The molecule has 1 heterocycles. The molecule has 3 aromatic carbocycles. The van der Waals surface area contributed by atoms with Gasteiger partial charge in [0, 0.05) is 35.1 Å². The summed E-state index contributed by atoms with van der Waals surface area (Å²) in [6, 6.07) is 22.3. The van der Waals surface area contributed by atoms with Crippen LogP contribution in [-0.2, 0) is 22.6 Å². The second-order valence-electron chi connectivity index (χ2n) is 10.5. The third-order valence-corrected chi connectivity index (χ3v) is 8.12. The monoisotopic (exact) mass is 542 g/mol. The Hall–Kier alpha value is -3.57. The Morgan fingerprint density at radius 2 is 1.69 bits per heavy atom. The maximum Gasteiger partial charge on any atom is 0.228 e. The summed E-state index contributed by atoms with van der Waals surface area (Å²) in [4.78, 5) is 33.3. The van der Waals surface area contributed by atoms with Crippen LogP contribution in [0.3, 0.4) is 0 Å². The van der Waals surface area contributed by atoms with Crippen molar-refractivity contribution in [2.45, 2.75) is 57.5 Å². The number of benzene rings is 3. The summed E-state index contributed by atoms with van der Waals surface area (Å²) in [6.07, 6.45) is 8.28. The summed E-state index contributed by atoms with van der Waals surface area (Å²) < 4.78 is 5.33. The molecule has 0 aliphatic heterocycles. The van der Waals surface area contributed by atoms with Gasteiger partial charge in [0.1, 0.15) is 11.8 Å². The van der Waals surface area contributed by atoms with Crippen molar-refractivity contribution in [2.75, 3.05) is 7.11 Å². The Morgan fingerprint density at radius 1 is 0.974 bits per heavy atom. The Kier molecular flexibility index (Phi) is 8.67. The van der Waals surface area contributed by atoms with E-state index in [1.807, 2.05) is 66.9 Å². The molecule has 39 heavy (non-hydrogen) atoms. The first-order valence-electron chi connectivity index (χ1n) is 13.8. The lowest BCUT2D eigenvalue weighted by molar-refractivity contribution is -0.140. The fraction of sp³-hybridized carbons (Fsp3) is 0.333. The fourth-order valence-corrected chi connectivity index (χ4v) is 5.89. The zero-order chi connectivity index (χ0) is 27.2. The Bertz CT molecular complexity index is 1410. The van der Waals surface area contributed by atoms with Crippen LogP contribution in [0.5, 0.6) is 5.75 Å². The number of rotatable bonds is 10. The number of aromatic nitrogens is 1. The lowest BCUT2D eigenvalue weighted by Crippen LogP contribution is -2.40. The van der Waals surface area contributed by atoms with E-state index in [4.69, 9.17) is 16.3 Å². The van der Waals surface area contributed by atoms with Crippen LogP contribution in [0.25, 0.3) is 10.9 Å². The summed E-state index contributed by atoms with van der Waals surface area (Å²) in [5.41, 5.74) is 3.64. The number of fused-ring (bicyclic) bond motifs is 1. The van der Waals surface area contributed by atoms with E-state index < -0.39 is 6.04 Å². The number of carbonyl (C=O) groups excluding carboxylic acids is 2. The number of nitrogens with zero attached hydrogens (tertiary/aromatic N) is 1. The van der Waals surface area contributed by atoms with E-state index in [0.717, 1.165) is 46.2 Å². The van der Waals surface area contributed by atoms with Crippen molar-refractivity contribution in [2.24, 2.45) is 5.92 Å². The van der Waals surface area contributed by atoms with Crippen molar-refractivity contribution in [3.05, 3.63) is 101 Å². The van der Waals surface area contributed by atoms with E-state index in [-0.39, 0.29) is 18.1 Å². The van der Waals surface area contributed by atoms with Gasteiger partial charge in [-0.05, 0) is 52.9 Å². The summed E-state index contributed by atoms with van der Waals surface area (Å²) in [5.74, 6) is 1.11. The van der Waals surface area contributed by atoms with Crippen LogP contribution >= 0.6 is 11.6 Å². The van der Waals surface area contributed by atoms with Gasteiger partial charge in [-0.3, -0.25) is 9.59 Å². The van der Waals surface area contributed by atoms with Gasteiger partial charge >= 0.3 is 0 Å². The van der Waals surface area contributed by atoms with Gasteiger partial charge in [0.2, 0.25) is 5.91 Å². The van der Waals surface area contributed by atoms with Crippen LogP contribution in [0.15, 0.2) is 79.0 Å². The van der Waals surface area contributed by atoms with Crippen molar-refractivity contribution in [1.29, 1.82) is 0 Å². The van der Waals surface area contributed by atoms with E-state index in [2.05, 4.69) is 4.98 Å². The van der Waals surface area contributed by atoms with E-state index in [1.165, 1.54) is 19.3 Å². The molecule has 1 aromatic heterocycles. The average molecular weight is 543 g/mol. The van der Waals surface area contributed by atoms with Crippen LogP contribution in [0.2, 0.25) is 5.02 Å². The highest BCUT2D eigenvalue weighted by molar-refractivity contribution is 6.30. The number of para-hydroxylation sites is 1. The predicted molar refractivity (Wildman–Crippen MR) is 156 cm³/mol. The number of Topliss-reactive ketones (excluding diaryl/α,β-unsaturated/α-hetero) is 1. The molecule has 1 unspecified atom stereocenters. The van der Waals surface area contributed by atoms with Gasteiger partial charge in [-0.15, -0.1) is 0 Å². The van der Waals surface area contributed by atoms with E-state index >= 15 is 0 Å². The smallest absolute Gasteiger partial charge is 0.228 e. The minimum Gasteiger partial charge on any atom is -0.497 e. The van der Waals surface area contributed by atoms with Crippen LogP contribution in [0.4, 0.5) is 0 Å². The van der Waals surface area contributed by atoms with Crippen molar-refractivity contribution in [1.82, 2.24) is 9.88 Å². The van der Waals surface area contributed by atoms with Gasteiger partial charge < -0.3 is 14.6 Å². The number of nitrogens with one attached hydrogen (secondary N) is 1. The molecule has 1 N–H and O–H groups in total. The molecule has 1 aliphatic rings. The first-order valence-corrected chi connectivity index (χ1v) is 14.1. The van der Waals surface area contributed by atoms with Crippen LogP contribution in [-0.4, -0.2) is 28.7 Å². The second-order valence-corrected chi connectivity index (χ2v) is 11.0. The number of ketones is 1. The lowest BCUT2D eigenvalue weighted by atomic mass is 9.83. The first-order chi connectivity index (χ1) is 19.0. The number of ether oxygens (including phenoxy) is 1. The predicted octanol–water partition coefficient (Wildman–Crippen LogP) is 7.68. The summed E-state index contributed by atoms with van der Waals surface area (Å²) in [5, 5.41) is 1.62. The van der Waals surface area contributed by atoms with Gasteiger partial charge in [-0.2, -0.15) is 0 Å². The molecule has 0 bridgehead atoms. The molecule has 0 saturated heterocycles. The molecule has 1 amide bonds. The fourth-order valence-electron chi connectivity index (χ4n) is 5.77. The third-order valence-electron chi connectivity index (χ3n) is 7.87. The number of amides is 1. The Balaban J connectivity index is 1.51. The second kappa shape index (κ2) is 12.5. The number of halogens is 1. The minimum absolute atomic E-state index is 0.0880.